The molecule has 236 valence electrons. The SMILES string of the molecule is CCCNC(=O)[C@H](Cc1ccccc1)N(Cc1ccc(Cl)cc1Cl)C(=O)CN(c1ccc(Oc2ccccc2)cc1)S(C)(=O)=O. The summed E-state index contributed by atoms with van der Waals surface area (Å²) < 4.78 is 33.0. The van der Waals surface area contributed by atoms with Gasteiger partial charge in [-0.05, 0) is 66.1 Å². The summed E-state index contributed by atoms with van der Waals surface area (Å²) >= 11 is 12.6. The summed E-state index contributed by atoms with van der Waals surface area (Å²) in [5.41, 5.74) is 1.66. The summed E-state index contributed by atoms with van der Waals surface area (Å²) in [4.78, 5) is 29.2. The lowest BCUT2D eigenvalue weighted by Crippen LogP contribution is -2.53. The molecule has 45 heavy (non-hydrogen) atoms. The van der Waals surface area contributed by atoms with Gasteiger partial charge < -0.3 is 15.0 Å². The number of anilines is 1. The van der Waals surface area contributed by atoms with Gasteiger partial charge in [-0.15, -0.1) is 0 Å². The van der Waals surface area contributed by atoms with E-state index in [-0.39, 0.29) is 24.6 Å². The predicted octanol–water partition coefficient (Wildman–Crippen LogP) is 6.72. The van der Waals surface area contributed by atoms with E-state index in [1.807, 2.05) is 55.5 Å². The van der Waals surface area contributed by atoms with E-state index >= 15 is 0 Å². The van der Waals surface area contributed by atoms with Crippen LogP contribution in [0.3, 0.4) is 0 Å². The second-order valence-corrected chi connectivity index (χ2v) is 13.2. The topological polar surface area (TPSA) is 96.0 Å². The maximum Gasteiger partial charge on any atom is 0.244 e. The third-order valence-electron chi connectivity index (χ3n) is 6.96. The smallest absolute Gasteiger partial charge is 0.244 e. The van der Waals surface area contributed by atoms with Crippen molar-refractivity contribution in [2.45, 2.75) is 32.4 Å². The van der Waals surface area contributed by atoms with E-state index in [0.717, 1.165) is 16.1 Å². The number of amides is 2. The molecule has 2 amide bonds. The maximum atomic E-state index is 14.2. The van der Waals surface area contributed by atoms with E-state index in [0.29, 0.717) is 40.1 Å². The molecule has 0 fully saturated rings. The average molecular weight is 669 g/mol. The van der Waals surface area contributed by atoms with Crippen LogP contribution in [0, 0.1) is 0 Å². The molecule has 0 aromatic heterocycles. The molecular formula is C34H35Cl2N3O5S. The highest BCUT2D eigenvalue weighted by atomic mass is 35.5. The van der Waals surface area contributed by atoms with Crippen LogP contribution in [0.4, 0.5) is 5.69 Å². The van der Waals surface area contributed by atoms with Gasteiger partial charge in [0.1, 0.15) is 24.1 Å². The Hall–Kier alpha value is -4.05. The van der Waals surface area contributed by atoms with Gasteiger partial charge in [-0.2, -0.15) is 0 Å². The maximum absolute atomic E-state index is 14.2. The lowest BCUT2D eigenvalue weighted by molar-refractivity contribution is -0.140. The Morgan fingerprint density at radius 1 is 0.867 bits per heavy atom. The Labute approximate surface area is 274 Å². The lowest BCUT2D eigenvalue weighted by Gasteiger charge is -2.33. The quantitative estimate of drug-likeness (QED) is 0.161. The molecule has 0 saturated carbocycles. The molecule has 0 aliphatic heterocycles. The monoisotopic (exact) mass is 667 g/mol. The summed E-state index contributed by atoms with van der Waals surface area (Å²) in [6.45, 7) is 1.76. The van der Waals surface area contributed by atoms with Crippen LogP contribution in [0.1, 0.15) is 24.5 Å². The largest absolute Gasteiger partial charge is 0.457 e. The highest BCUT2D eigenvalue weighted by Crippen LogP contribution is 2.27. The first kappa shape index (κ1) is 33.8. The minimum absolute atomic E-state index is 0.0483. The van der Waals surface area contributed by atoms with Gasteiger partial charge in [0.2, 0.25) is 21.8 Å². The van der Waals surface area contributed by atoms with Gasteiger partial charge in [0, 0.05) is 29.6 Å². The number of benzene rings is 4. The fourth-order valence-electron chi connectivity index (χ4n) is 4.67. The first-order chi connectivity index (χ1) is 21.5. The molecule has 8 nitrogen and oxygen atoms in total. The molecular weight excluding hydrogens is 633 g/mol. The number of hydrogen-bond acceptors (Lipinski definition) is 5. The summed E-state index contributed by atoms with van der Waals surface area (Å²) in [6, 6.07) is 28.9. The number of carbonyl (C=O) groups is 2. The van der Waals surface area contributed by atoms with Gasteiger partial charge in [0.15, 0.2) is 0 Å². The van der Waals surface area contributed by atoms with Crippen LogP contribution in [0.2, 0.25) is 10.0 Å². The Bertz CT molecular complexity index is 1690. The van der Waals surface area contributed by atoms with Crippen molar-refractivity contribution in [1.82, 2.24) is 10.2 Å². The molecule has 0 heterocycles. The molecule has 1 N–H and O–H groups in total. The number of hydrogen-bond donors (Lipinski definition) is 1. The molecule has 0 radical (unpaired) electrons. The van der Waals surface area contributed by atoms with Gasteiger partial charge in [0.25, 0.3) is 0 Å². The summed E-state index contributed by atoms with van der Waals surface area (Å²) in [5, 5.41) is 3.65. The number of halogens is 2. The zero-order chi connectivity index (χ0) is 32.4. The molecule has 0 saturated heterocycles. The predicted molar refractivity (Wildman–Crippen MR) is 179 cm³/mol. The van der Waals surface area contributed by atoms with Crippen LogP contribution >= 0.6 is 23.2 Å². The van der Waals surface area contributed by atoms with Crippen molar-refractivity contribution in [2.24, 2.45) is 0 Å². The van der Waals surface area contributed by atoms with Crippen molar-refractivity contribution in [3.63, 3.8) is 0 Å². The molecule has 0 bridgehead atoms. The Morgan fingerprint density at radius 3 is 2.09 bits per heavy atom. The average Bonchev–Trinajstić information content (AvgIpc) is 3.02. The molecule has 0 aliphatic rings. The molecule has 0 aliphatic carbocycles. The van der Waals surface area contributed by atoms with Crippen molar-refractivity contribution >= 4 is 50.7 Å². The molecule has 4 aromatic carbocycles. The summed E-state index contributed by atoms with van der Waals surface area (Å²) in [7, 11) is -3.92. The minimum Gasteiger partial charge on any atom is -0.457 e. The summed E-state index contributed by atoms with van der Waals surface area (Å²) in [5.74, 6) is 0.193. The summed E-state index contributed by atoms with van der Waals surface area (Å²) in [6.07, 6.45) is 1.94. The Balaban J connectivity index is 1.69. The number of para-hydroxylation sites is 1. The third kappa shape index (κ3) is 9.72. The molecule has 1 atom stereocenters. The molecule has 4 aromatic rings. The fourth-order valence-corrected chi connectivity index (χ4v) is 5.99. The zero-order valence-corrected chi connectivity index (χ0v) is 27.4. The normalized spacial score (nSPS) is 11.8. The van der Waals surface area contributed by atoms with Gasteiger partial charge in [-0.3, -0.25) is 13.9 Å². The molecule has 0 unspecified atom stereocenters. The number of nitrogens with zero attached hydrogens (tertiary/aromatic N) is 2. The third-order valence-corrected chi connectivity index (χ3v) is 8.69. The first-order valence-electron chi connectivity index (χ1n) is 14.4. The van der Waals surface area contributed by atoms with Crippen LogP contribution < -0.4 is 14.4 Å². The molecule has 4 rings (SSSR count). The standard InChI is InChI=1S/C34H35Cl2N3O5S/c1-3-20-37-34(41)32(21-25-10-6-4-7-11-25)38(23-26-14-15-27(35)22-31(26)36)33(40)24-39(45(2,42)43)28-16-18-30(19-17-28)44-29-12-8-5-9-13-29/h4-19,22,32H,3,20-21,23-24H2,1-2H3,(H,37,41)/t32-/m0/s1. The van der Waals surface area contributed by atoms with Gasteiger partial charge in [-0.1, -0.05) is 84.7 Å². The van der Waals surface area contributed by atoms with Crippen molar-refractivity contribution < 1.29 is 22.7 Å². The van der Waals surface area contributed by atoms with Crippen LogP contribution in [0.5, 0.6) is 11.5 Å². The van der Waals surface area contributed by atoms with E-state index in [9.17, 15) is 18.0 Å². The van der Waals surface area contributed by atoms with Crippen molar-refractivity contribution in [1.29, 1.82) is 0 Å². The van der Waals surface area contributed by atoms with E-state index in [1.54, 1.807) is 54.6 Å². The van der Waals surface area contributed by atoms with E-state index in [4.69, 9.17) is 27.9 Å². The van der Waals surface area contributed by atoms with Gasteiger partial charge in [-0.25, -0.2) is 8.42 Å². The zero-order valence-electron chi connectivity index (χ0n) is 25.0. The number of ether oxygens (including phenoxy) is 1. The van der Waals surface area contributed by atoms with Crippen LogP contribution in [0.25, 0.3) is 0 Å². The second kappa shape index (κ2) is 15.8. The van der Waals surface area contributed by atoms with Crippen molar-refractivity contribution in [3.05, 3.63) is 124 Å². The Morgan fingerprint density at radius 2 is 1.49 bits per heavy atom. The highest BCUT2D eigenvalue weighted by Gasteiger charge is 2.33. The molecule has 0 spiro atoms. The number of carbonyl (C=O) groups excluding carboxylic acids is 2. The van der Waals surface area contributed by atoms with Crippen LogP contribution in [0.15, 0.2) is 103 Å². The number of nitrogens with one attached hydrogen (secondary N) is 1. The van der Waals surface area contributed by atoms with Gasteiger partial charge >= 0.3 is 0 Å². The lowest BCUT2D eigenvalue weighted by atomic mass is 10.0. The van der Waals surface area contributed by atoms with Crippen LogP contribution in [-0.2, 0) is 32.6 Å². The fraction of sp³-hybridized carbons (Fsp3) is 0.235. The Kier molecular flexibility index (Phi) is 11.9. The number of rotatable bonds is 14. The van der Waals surface area contributed by atoms with E-state index in [2.05, 4.69) is 5.32 Å². The molecule has 11 heteroatoms. The highest BCUT2D eigenvalue weighted by molar-refractivity contribution is 7.92. The van der Waals surface area contributed by atoms with E-state index < -0.39 is 28.5 Å². The minimum atomic E-state index is -3.92. The van der Waals surface area contributed by atoms with Crippen molar-refractivity contribution in [2.75, 3.05) is 23.7 Å². The second-order valence-electron chi connectivity index (χ2n) is 10.4. The number of sulfonamides is 1. The van der Waals surface area contributed by atoms with Crippen LogP contribution in [-0.4, -0.2) is 50.5 Å². The first-order valence-corrected chi connectivity index (χ1v) is 17.0. The van der Waals surface area contributed by atoms with Crippen molar-refractivity contribution in [3.8, 4) is 11.5 Å². The van der Waals surface area contributed by atoms with E-state index in [1.165, 1.54) is 4.90 Å². The van der Waals surface area contributed by atoms with Gasteiger partial charge in [0.05, 0.1) is 11.9 Å².